The first-order valence-corrected chi connectivity index (χ1v) is 11.7. The Morgan fingerprint density at radius 3 is 2.77 bits per heavy atom. The summed E-state index contributed by atoms with van der Waals surface area (Å²) in [5, 5.41) is 3.32. The standard InChI is InChI=1S/C24H20F3N3O4S/c1-13-29-19(21(35-13)14-5-7-16(25)8-6-14)23(32)30-9-10-33-18(30)12-28-22(31)17-4-2-3-15-11-24(26,27)34-20(15)17/h2-8,18H,9-12H2,1H3,(H,28,31). The Morgan fingerprint density at radius 2 is 2.00 bits per heavy atom. The van der Waals surface area contributed by atoms with E-state index in [1.165, 1.54) is 46.6 Å². The Bertz CT molecular complexity index is 1300. The monoisotopic (exact) mass is 503 g/mol. The lowest BCUT2D eigenvalue weighted by molar-refractivity contribution is -0.159. The fourth-order valence-electron chi connectivity index (χ4n) is 4.13. The molecule has 2 aliphatic heterocycles. The van der Waals surface area contributed by atoms with Gasteiger partial charge >= 0.3 is 6.11 Å². The van der Waals surface area contributed by atoms with Gasteiger partial charge < -0.3 is 19.7 Å². The molecule has 1 unspecified atom stereocenters. The number of carbonyl (C=O) groups excluding carboxylic acids is 2. The summed E-state index contributed by atoms with van der Waals surface area (Å²) in [6.07, 6.45) is -4.72. The Hall–Kier alpha value is -3.44. The van der Waals surface area contributed by atoms with Crippen molar-refractivity contribution in [3.05, 3.63) is 70.1 Å². The summed E-state index contributed by atoms with van der Waals surface area (Å²) < 4.78 is 51.0. The summed E-state index contributed by atoms with van der Waals surface area (Å²) in [4.78, 5) is 32.6. The van der Waals surface area contributed by atoms with Crippen molar-refractivity contribution in [1.29, 1.82) is 0 Å². The lowest BCUT2D eigenvalue weighted by atomic mass is 10.1. The molecule has 2 aliphatic rings. The molecule has 1 atom stereocenters. The van der Waals surface area contributed by atoms with E-state index >= 15 is 0 Å². The molecule has 7 nitrogen and oxygen atoms in total. The SMILES string of the molecule is Cc1nc(C(=O)N2CCOC2CNC(=O)c2cccc3c2OC(F)(F)C3)c(-c2ccc(F)cc2)s1. The topological polar surface area (TPSA) is 80.8 Å². The highest BCUT2D eigenvalue weighted by Gasteiger charge is 2.42. The zero-order chi connectivity index (χ0) is 24.7. The first-order valence-electron chi connectivity index (χ1n) is 10.8. The van der Waals surface area contributed by atoms with Gasteiger partial charge in [0.15, 0.2) is 0 Å². The Balaban J connectivity index is 1.31. The number of carbonyl (C=O) groups is 2. The van der Waals surface area contributed by atoms with E-state index in [4.69, 9.17) is 4.74 Å². The van der Waals surface area contributed by atoms with Gasteiger partial charge in [-0.2, -0.15) is 8.78 Å². The van der Waals surface area contributed by atoms with Gasteiger partial charge in [-0.3, -0.25) is 9.59 Å². The third-order valence-corrected chi connectivity index (χ3v) is 6.74. The molecule has 182 valence electrons. The zero-order valence-corrected chi connectivity index (χ0v) is 19.3. The maximum absolute atomic E-state index is 13.6. The largest absolute Gasteiger partial charge is 0.431 e. The summed E-state index contributed by atoms with van der Waals surface area (Å²) in [7, 11) is 0. The van der Waals surface area contributed by atoms with Crippen LogP contribution in [0.4, 0.5) is 13.2 Å². The molecule has 1 saturated heterocycles. The van der Waals surface area contributed by atoms with Crippen molar-refractivity contribution >= 4 is 23.2 Å². The van der Waals surface area contributed by atoms with Crippen LogP contribution >= 0.6 is 11.3 Å². The lowest BCUT2D eigenvalue weighted by Crippen LogP contribution is -2.44. The molecule has 2 aromatic carbocycles. The van der Waals surface area contributed by atoms with Gasteiger partial charge in [-0.05, 0) is 30.7 Å². The molecule has 11 heteroatoms. The number of hydrogen-bond donors (Lipinski definition) is 1. The molecular weight excluding hydrogens is 483 g/mol. The van der Waals surface area contributed by atoms with Gasteiger partial charge in [0.2, 0.25) is 0 Å². The number of alkyl halides is 2. The molecule has 3 aromatic rings. The highest BCUT2D eigenvalue weighted by atomic mass is 32.1. The number of hydrogen-bond acceptors (Lipinski definition) is 6. The molecule has 1 fully saturated rings. The number of rotatable bonds is 5. The van der Waals surface area contributed by atoms with Gasteiger partial charge in [0.25, 0.3) is 11.8 Å². The Morgan fingerprint density at radius 1 is 1.23 bits per heavy atom. The van der Waals surface area contributed by atoms with Crippen molar-refractivity contribution in [3.63, 3.8) is 0 Å². The van der Waals surface area contributed by atoms with Gasteiger partial charge in [0.05, 0.1) is 35.0 Å². The molecule has 0 spiro atoms. The first kappa shape index (κ1) is 23.3. The van der Waals surface area contributed by atoms with Crippen molar-refractivity contribution in [2.24, 2.45) is 0 Å². The van der Waals surface area contributed by atoms with Crippen LogP contribution < -0.4 is 10.1 Å². The summed E-state index contributed by atoms with van der Waals surface area (Å²) in [5.41, 5.74) is 1.13. The molecule has 1 aromatic heterocycles. The van der Waals surface area contributed by atoms with Crippen LogP contribution in [-0.2, 0) is 11.2 Å². The molecule has 35 heavy (non-hydrogen) atoms. The van der Waals surface area contributed by atoms with Gasteiger partial charge in [0.1, 0.15) is 23.5 Å². The van der Waals surface area contributed by atoms with Crippen molar-refractivity contribution in [2.45, 2.75) is 25.7 Å². The first-order chi connectivity index (χ1) is 16.7. The normalized spacial score (nSPS) is 18.3. The fourth-order valence-corrected chi connectivity index (χ4v) is 5.05. The summed E-state index contributed by atoms with van der Waals surface area (Å²) >= 11 is 1.32. The van der Waals surface area contributed by atoms with Crippen LogP contribution in [-0.4, -0.2) is 53.7 Å². The van der Waals surface area contributed by atoms with E-state index in [2.05, 4.69) is 15.0 Å². The maximum Gasteiger partial charge on any atom is 0.402 e. The summed E-state index contributed by atoms with van der Waals surface area (Å²) in [6.45, 7) is 2.27. The number of nitrogens with zero attached hydrogens (tertiary/aromatic N) is 2. The van der Waals surface area contributed by atoms with Gasteiger partial charge in [-0.1, -0.05) is 24.3 Å². The van der Waals surface area contributed by atoms with Crippen molar-refractivity contribution in [1.82, 2.24) is 15.2 Å². The predicted octanol–water partition coefficient (Wildman–Crippen LogP) is 4.01. The molecule has 2 amide bonds. The number of fused-ring (bicyclic) bond motifs is 1. The number of aryl methyl sites for hydroxylation is 1. The highest BCUT2D eigenvalue weighted by Crippen LogP contribution is 2.39. The van der Waals surface area contributed by atoms with Crippen LogP contribution in [0.25, 0.3) is 10.4 Å². The van der Waals surface area contributed by atoms with Gasteiger partial charge in [-0.15, -0.1) is 11.3 Å². The predicted molar refractivity (Wildman–Crippen MR) is 121 cm³/mol. The van der Waals surface area contributed by atoms with Crippen molar-refractivity contribution < 1.29 is 32.2 Å². The highest BCUT2D eigenvalue weighted by molar-refractivity contribution is 7.15. The van der Waals surface area contributed by atoms with E-state index in [1.807, 2.05) is 0 Å². The zero-order valence-electron chi connectivity index (χ0n) is 18.5. The lowest BCUT2D eigenvalue weighted by Gasteiger charge is -2.23. The van der Waals surface area contributed by atoms with E-state index in [1.54, 1.807) is 19.1 Å². The van der Waals surface area contributed by atoms with Crippen LogP contribution in [0, 0.1) is 12.7 Å². The molecule has 0 aliphatic carbocycles. The molecule has 1 N–H and O–H groups in total. The Kier molecular flexibility index (Phi) is 5.97. The van der Waals surface area contributed by atoms with Crippen molar-refractivity contribution in [3.8, 4) is 16.2 Å². The molecule has 0 saturated carbocycles. The number of benzene rings is 2. The van der Waals surface area contributed by atoms with E-state index in [-0.39, 0.29) is 54.0 Å². The number of aromatic nitrogens is 1. The maximum atomic E-state index is 13.6. The number of para-hydroxylation sites is 1. The molecule has 3 heterocycles. The third-order valence-electron chi connectivity index (χ3n) is 5.72. The second-order valence-electron chi connectivity index (χ2n) is 8.16. The number of halogens is 3. The minimum atomic E-state index is -3.36. The number of ether oxygens (including phenoxy) is 2. The summed E-state index contributed by atoms with van der Waals surface area (Å²) in [6, 6.07) is 10.2. The number of thiazole rings is 1. The van der Waals surface area contributed by atoms with Crippen LogP contribution in [0.15, 0.2) is 42.5 Å². The quantitative estimate of drug-likeness (QED) is 0.569. The van der Waals surface area contributed by atoms with E-state index in [0.717, 1.165) is 0 Å². The minimum Gasteiger partial charge on any atom is -0.431 e. The number of nitrogens with one attached hydrogen (secondary N) is 1. The summed E-state index contributed by atoms with van der Waals surface area (Å²) in [5.74, 6) is -1.52. The Labute approximate surface area is 202 Å². The fraction of sp³-hybridized carbons (Fsp3) is 0.292. The molecular formula is C24H20F3N3O4S. The third kappa shape index (κ3) is 4.61. The van der Waals surface area contributed by atoms with E-state index < -0.39 is 24.7 Å². The van der Waals surface area contributed by atoms with Gasteiger partial charge in [0, 0.05) is 12.1 Å². The second-order valence-corrected chi connectivity index (χ2v) is 9.36. The average molecular weight is 504 g/mol. The van der Waals surface area contributed by atoms with Crippen LogP contribution in [0.1, 0.15) is 31.4 Å². The van der Waals surface area contributed by atoms with Crippen LogP contribution in [0.3, 0.4) is 0 Å². The van der Waals surface area contributed by atoms with Crippen LogP contribution in [0.2, 0.25) is 0 Å². The van der Waals surface area contributed by atoms with E-state index in [9.17, 15) is 22.8 Å². The van der Waals surface area contributed by atoms with Crippen LogP contribution in [0.5, 0.6) is 5.75 Å². The van der Waals surface area contributed by atoms with Gasteiger partial charge in [-0.25, -0.2) is 9.37 Å². The minimum absolute atomic E-state index is 0.00993. The second kappa shape index (κ2) is 8.97. The molecule has 5 rings (SSSR count). The molecule has 0 bridgehead atoms. The average Bonchev–Trinajstić information content (AvgIpc) is 3.52. The van der Waals surface area contributed by atoms with E-state index in [0.29, 0.717) is 15.4 Å². The molecule has 0 radical (unpaired) electrons. The smallest absolute Gasteiger partial charge is 0.402 e. The number of amides is 2. The van der Waals surface area contributed by atoms with Crippen molar-refractivity contribution in [2.75, 3.05) is 19.7 Å².